The lowest BCUT2D eigenvalue weighted by Crippen LogP contribution is -2.01. The third-order valence-electron chi connectivity index (χ3n) is 1.88. The zero-order valence-electron chi connectivity index (χ0n) is 10.5. The van der Waals surface area contributed by atoms with Crippen LogP contribution in [0.5, 0.6) is 0 Å². The Balaban J connectivity index is 4.80. The molecule has 0 saturated carbocycles. The van der Waals surface area contributed by atoms with E-state index in [1.807, 2.05) is 39.0 Å². The number of ether oxygens (including phenoxy) is 1. The molecule has 0 aromatic carbocycles. The molecule has 0 aromatic heterocycles. The molecule has 0 bridgehead atoms. The van der Waals surface area contributed by atoms with Crippen LogP contribution in [0.15, 0.2) is 53.7 Å². The smallest absolute Gasteiger partial charge is 0.0884 e. The largest absolute Gasteiger partial charge is 0.375 e. The van der Waals surface area contributed by atoms with Crippen molar-refractivity contribution in [2.24, 2.45) is 4.99 Å². The van der Waals surface area contributed by atoms with Crippen LogP contribution in [0.2, 0.25) is 0 Å². The SMILES string of the molecule is C=C\C=C/C(=N/C(=C\C)COCC)C(=C)C. The van der Waals surface area contributed by atoms with Crippen molar-refractivity contribution in [2.75, 3.05) is 13.2 Å². The van der Waals surface area contributed by atoms with Crippen LogP contribution in [0.1, 0.15) is 20.8 Å². The zero-order chi connectivity index (χ0) is 12.4. The summed E-state index contributed by atoms with van der Waals surface area (Å²) in [7, 11) is 0. The van der Waals surface area contributed by atoms with E-state index >= 15 is 0 Å². The van der Waals surface area contributed by atoms with E-state index < -0.39 is 0 Å². The van der Waals surface area contributed by atoms with E-state index in [4.69, 9.17) is 4.74 Å². The first-order valence-electron chi connectivity index (χ1n) is 5.42. The highest BCUT2D eigenvalue weighted by Gasteiger charge is 1.98. The lowest BCUT2D eigenvalue weighted by atomic mass is 10.2. The highest BCUT2D eigenvalue weighted by molar-refractivity contribution is 6.08. The summed E-state index contributed by atoms with van der Waals surface area (Å²) >= 11 is 0. The Morgan fingerprint density at radius 3 is 2.56 bits per heavy atom. The zero-order valence-corrected chi connectivity index (χ0v) is 10.5. The van der Waals surface area contributed by atoms with Gasteiger partial charge in [-0.3, -0.25) is 4.99 Å². The summed E-state index contributed by atoms with van der Waals surface area (Å²) in [4.78, 5) is 4.49. The number of allylic oxidation sites excluding steroid dienone is 5. The van der Waals surface area contributed by atoms with Gasteiger partial charge in [0.05, 0.1) is 18.0 Å². The predicted molar refractivity (Wildman–Crippen MR) is 71.8 cm³/mol. The minimum atomic E-state index is 0.533. The normalized spacial score (nSPS) is 13.2. The van der Waals surface area contributed by atoms with Gasteiger partial charge in [0.15, 0.2) is 0 Å². The van der Waals surface area contributed by atoms with Crippen LogP contribution in [0.3, 0.4) is 0 Å². The average Bonchev–Trinajstić information content (AvgIpc) is 2.28. The van der Waals surface area contributed by atoms with Gasteiger partial charge in [-0.25, -0.2) is 0 Å². The molecule has 0 rings (SSSR count). The molecule has 0 aromatic rings. The van der Waals surface area contributed by atoms with E-state index in [9.17, 15) is 0 Å². The molecule has 0 saturated heterocycles. The second-order valence-electron chi connectivity index (χ2n) is 3.29. The molecule has 0 fully saturated rings. The molecular weight excluding hydrogens is 198 g/mol. The van der Waals surface area contributed by atoms with E-state index in [-0.39, 0.29) is 0 Å². The number of aliphatic imine (C=N–C) groups is 1. The highest BCUT2D eigenvalue weighted by Crippen LogP contribution is 2.04. The number of hydrogen-bond acceptors (Lipinski definition) is 2. The summed E-state index contributed by atoms with van der Waals surface area (Å²) in [6.45, 7) is 14.6. The van der Waals surface area contributed by atoms with E-state index in [1.165, 1.54) is 0 Å². The third-order valence-corrected chi connectivity index (χ3v) is 1.88. The van der Waals surface area contributed by atoms with Gasteiger partial charge in [-0.2, -0.15) is 0 Å². The highest BCUT2D eigenvalue weighted by atomic mass is 16.5. The Labute approximate surface area is 98.7 Å². The number of nitrogens with zero attached hydrogens (tertiary/aromatic N) is 1. The molecule has 0 spiro atoms. The molecule has 2 heteroatoms. The van der Waals surface area contributed by atoms with Gasteiger partial charge in [0.25, 0.3) is 0 Å². The van der Waals surface area contributed by atoms with Crippen molar-refractivity contribution in [3.05, 3.63) is 48.7 Å². The van der Waals surface area contributed by atoms with Crippen molar-refractivity contribution < 1.29 is 4.74 Å². The Kier molecular flexibility index (Phi) is 8.08. The first-order chi connectivity index (χ1) is 7.65. The summed E-state index contributed by atoms with van der Waals surface area (Å²) < 4.78 is 5.32. The summed E-state index contributed by atoms with van der Waals surface area (Å²) in [5.74, 6) is 0. The van der Waals surface area contributed by atoms with Gasteiger partial charge in [0, 0.05) is 6.61 Å². The predicted octanol–water partition coefficient (Wildman–Crippen LogP) is 3.69. The molecule has 88 valence electrons. The quantitative estimate of drug-likeness (QED) is 0.473. The fourth-order valence-corrected chi connectivity index (χ4v) is 0.976. The van der Waals surface area contributed by atoms with Crippen molar-refractivity contribution in [2.45, 2.75) is 20.8 Å². The third kappa shape index (κ3) is 6.14. The van der Waals surface area contributed by atoms with Crippen molar-refractivity contribution in [1.82, 2.24) is 0 Å². The molecule has 0 aliphatic carbocycles. The lowest BCUT2D eigenvalue weighted by Gasteiger charge is -2.04. The Morgan fingerprint density at radius 2 is 2.12 bits per heavy atom. The summed E-state index contributed by atoms with van der Waals surface area (Å²) in [5, 5.41) is 0. The fourth-order valence-electron chi connectivity index (χ4n) is 0.976. The average molecular weight is 219 g/mol. The van der Waals surface area contributed by atoms with Crippen molar-refractivity contribution in [3.63, 3.8) is 0 Å². The minimum absolute atomic E-state index is 0.533. The van der Waals surface area contributed by atoms with Crippen LogP contribution in [-0.2, 0) is 4.74 Å². The molecule has 16 heavy (non-hydrogen) atoms. The van der Waals surface area contributed by atoms with Crippen LogP contribution >= 0.6 is 0 Å². The monoisotopic (exact) mass is 219 g/mol. The maximum atomic E-state index is 5.32. The summed E-state index contributed by atoms with van der Waals surface area (Å²) in [6, 6.07) is 0. The molecule has 0 heterocycles. The molecule has 0 atom stereocenters. The summed E-state index contributed by atoms with van der Waals surface area (Å²) in [5.41, 5.74) is 2.69. The summed E-state index contributed by atoms with van der Waals surface area (Å²) in [6.07, 6.45) is 7.41. The number of hydrogen-bond donors (Lipinski definition) is 0. The van der Waals surface area contributed by atoms with E-state index in [1.54, 1.807) is 6.08 Å². The topological polar surface area (TPSA) is 21.6 Å². The lowest BCUT2D eigenvalue weighted by molar-refractivity contribution is 0.170. The molecule has 0 amide bonds. The fraction of sp³-hybridized carbons (Fsp3) is 0.357. The minimum Gasteiger partial charge on any atom is -0.375 e. The van der Waals surface area contributed by atoms with Gasteiger partial charge in [-0.15, -0.1) is 0 Å². The van der Waals surface area contributed by atoms with Gasteiger partial charge in [-0.05, 0) is 32.4 Å². The van der Waals surface area contributed by atoms with Gasteiger partial charge in [0.2, 0.25) is 0 Å². The van der Waals surface area contributed by atoms with Crippen LogP contribution in [-0.4, -0.2) is 18.9 Å². The van der Waals surface area contributed by atoms with E-state index in [0.717, 1.165) is 17.0 Å². The van der Waals surface area contributed by atoms with E-state index in [0.29, 0.717) is 13.2 Å². The van der Waals surface area contributed by atoms with E-state index in [2.05, 4.69) is 18.2 Å². The standard InChI is InChI=1S/C14H21NO/c1-6-9-10-14(12(4)5)15-13(7-2)11-16-8-3/h6-7,9-10H,1,4,8,11H2,2-3,5H3/b10-9-,13-7-,15-14-. The maximum Gasteiger partial charge on any atom is 0.0884 e. The molecular formula is C14H21NO. The van der Waals surface area contributed by atoms with Crippen molar-refractivity contribution >= 4 is 5.71 Å². The van der Waals surface area contributed by atoms with Crippen LogP contribution in [0, 0.1) is 0 Å². The Bertz CT molecular complexity index is 322. The van der Waals surface area contributed by atoms with Crippen LogP contribution in [0.4, 0.5) is 0 Å². The molecule has 2 nitrogen and oxygen atoms in total. The van der Waals surface area contributed by atoms with Crippen molar-refractivity contribution in [1.29, 1.82) is 0 Å². The van der Waals surface area contributed by atoms with Crippen molar-refractivity contribution in [3.8, 4) is 0 Å². The Hall–Kier alpha value is -1.41. The van der Waals surface area contributed by atoms with Crippen LogP contribution < -0.4 is 0 Å². The Morgan fingerprint density at radius 1 is 1.44 bits per heavy atom. The second kappa shape index (κ2) is 8.86. The van der Waals surface area contributed by atoms with Gasteiger partial charge in [-0.1, -0.05) is 31.4 Å². The first kappa shape index (κ1) is 14.6. The van der Waals surface area contributed by atoms with Gasteiger partial charge in [0.1, 0.15) is 0 Å². The number of rotatable bonds is 7. The molecule has 0 N–H and O–H groups in total. The molecule has 0 unspecified atom stereocenters. The maximum absolute atomic E-state index is 5.32. The van der Waals surface area contributed by atoms with Gasteiger partial charge >= 0.3 is 0 Å². The second-order valence-corrected chi connectivity index (χ2v) is 3.29. The first-order valence-corrected chi connectivity index (χ1v) is 5.42. The van der Waals surface area contributed by atoms with Crippen LogP contribution in [0.25, 0.3) is 0 Å². The van der Waals surface area contributed by atoms with Gasteiger partial charge < -0.3 is 4.74 Å². The molecule has 0 aliphatic heterocycles. The molecule has 0 radical (unpaired) electrons. The molecule has 0 aliphatic rings.